The molecule has 4 heterocycles. The van der Waals surface area contributed by atoms with Crippen LogP contribution in [0.3, 0.4) is 0 Å². The number of hydrogen-bond acceptors (Lipinski definition) is 7. The molecular formula is C18H24N8O2S. The van der Waals surface area contributed by atoms with Crippen LogP contribution >= 0.6 is 0 Å². The van der Waals surface area contributed by atoms with E-state index in [-0.39, 0.29) is 5.16 Å². The lowest BCUT2D eigenvalue weighted by molar-refractivity contribution is 0.395. The van der Waals surface area contributed by atoms with Crippen molar-refractivity contribution >= 4 is 21.5 Å². The average Bonchev–Trinajstić information content (AvgIpc) is 3.18. The van der Waals surface area contributed by atoms with Gasteiger partial charge in [-0.05, 0) is 31.4 Å². The Labute approximate surface area is 169 Å². The van der Waals surface area contributed by atoms with Crippen molar-refractivity contribution in [3.05, 3.63) is 30.4 Å². The Morgan fingerprint density at radius 3 is 2.62 bits per heavy atom. The fourth-order valence-electron chi connectivity index (χ4n) is 3.96. The molecule has 10 nitrogen and oxygen atoms in total. The van der Waals surface area contributed by atoms with E-state index in [0.717, 1.165) is 43.1 Å². The van der Waals surface area contributed by atoms with E-state index in [9.17, 15) is 8.42 Å². The van der Waals surface area contributed by atoms with Crippen molar-refractivity contribution < 1.29 is 8.42 Å². The van der Waals surface area contributed by atoms with Crippen LogP contribution in [0.15, 0.2) is 29.7 Å². The molecule has 0 spiro atoms. The maximum Gasteiger partial charge on any atom is 0.277 e. The highest BCUT2D eigenvalue weighted by atomic mass is 32.2. The van der Waals surface area contributed by atoms with Crippen LogP contribution in [0.1, 0.15) is 37.4 Å². The molecule has 3 aromatic heterocycles. The molecule has 1 aliphatic heterocycles. The number of imidazole rings is 1. The number of aryl methyl sites for hydroxylation is 1. The lowest BCUT2D eigenvalue weighted by Gasteiger charge is -2.24. The molecule has 3 aromatic rings. The molecule has 1 saturated carbocycles. The molecule has 5 rings (SSSR count). The SMILES string of the molecule is Cn1ccnc1S(=O)(=O)N1CCCN(c2ccc3nnc(C4CCC4)n3n2)CC1. The second-order valence-corrected chi connectivity index (χ2v) is 9.54. The first-order valence-electron chi connectivity index (χ1n) is 9.99. The standard InChI is InChI=1S/C18H24N8O2S/c1-23-11-8-19-18(23)29(27,28)25-10-3-9-24(12-13-25)16-7-6-15-20-21-17(26(15)22-16)14-4-2-5-14/h6-8,11,14H,2-5,9-10,12-13H2,1H3. The molecule has 0 aromatic carbocycles. The van der Waals surface area contributed by atoms with Gasteiger partial charge in [0, 0.05) is 51.5 Å². The molecule has 1 saturated heterocycles. The number of aromatic nitrogens is 6. The lowest BCUT2D eigenvalue weighted by atomic mass is 9.85. The van der Waals surface area contributed by atoms with Crippen molar-refractivity contribution in [1.82, 2.24) is 33.7 Å². The van der Waals surface area contributed by atoms with E-state index in [4.69, 9.17) is 5.10 Å². The summed E-state index contributed by atoms with van der Waals surface area (Å²) in [6, 6.07) is 3.88. The van der Waals surface area contributed by atoms with Gasteiger partial charge >= 0.3 is 0 Å². The highest BCUT2D eigenvalue weighted by Gasteiger charge is 2.30. The largest absolute Gasteiger partial charge is 0.354 e. The van der Waals surface area contributed by atoms with E-state index in [2.05, 4.69) is 20.1 Å². The number of rotatable bonds is 4. The first kappa shape index (κ1) is 18.5. The van der Waals surface area contributed by atoms with Crippen LogP contribution in [0.2, 0.25) is 0 Å². The van der Waals surface area contributed by atoms with E-state index >= 15 is 0 Å². The number of sulfonamides is 1. The van der Waals surface area contributed by atoms with Gasteiger partial charge in [-0.15, -0.1) is 15.3 Å². The van der Waals surface area contributed by atoms with Crippen LogP contribution < -0.4 is 4.90 Å². The molecule has 154 valence electrons. The topological polar surface area (TPSA) is 102 Å². The van der Waals surface area contributed by atoms with Gasteiger partial charge in [0.2, 0.25) is 5.16 Å². The predicted octanol–water partition coefficient (Wildman–Crippen LogP) is 1.03. The number of nitrogens with zero attached hydrogens (tertiary/aromatic N) is 8. The van der Waals surface area contributed by atoms with Gasteiger partial charge in [0.25, 0.3) is 10.0 Å². The molecule has 0 amide bonds. The normalized spacial score (nSPS) is 19.4. The second kappa shape index (κ2) is 7.06. The quantitative estimate of drug-likeness (QED) is 0.626. The summed E-state index contributed by atoms with van der Waals surface area (Å²) in [4.78, 5) is 6.17. The first-order valence-corrected chi connectivity index (χ1v) is 11.4. The molecule has 0 N–H and O–H groups in total. The Kier molecular flexibility index (Phi) is 4.50. The molecule has 2 fully saturated rings. The molecule has 0 bridgehead atoms. The summed E-state index contributed by atoms with van der Waals surface area (Å²) in [5, 5.41) is 13.5. The molecular weight excluding hydrogens is 392 g/mol. The van der Waals surface area contributed by atoms with Gasteiger partial charge in [0.15, 0.2) is 11.5 Å². The van der Waals surface area contributed by atoms with Crippen LogP contribution in [-0.2, 0) is 17.1 Å². The highest BCUT2D eigenvalue weighted by Crippen LogP contribution is 2.35. The number of fused-ring (bicyclic) bond motifs is 1. The van der Waals surface area contributed by atoms with Crippen LogP contribution in [0, 0.1) is 0 Å². The monoisotopic (exact) mass is 416 g/mol. The van der Waals surface area contributed by atoms with Gasteiger partial charge in [0.05, 0.1) is 0 Å². The Bertz CT molecular complexity index is 1130. The molecule has 1 aliphatic carbocycles. The molecule has 29 heavy (non-hydrogen) atoms. The van der Waals surface area contributed by atoms with E-state index < -0.39 is 10.0 Å². The van der Waals surface area contributed by atoms with Gasteiger partial charge in [-0.3, -0.25) is 0 Å². The number of hydrogen-bond donors (Lipinski definition) is 0. The van der Waals surface area contributed by atoms with Gasteiger partial charge < -0.3 is 9.47 Å². The maximum atomic E-state index is 13.0. The van der Waals surface area contributed by atoms with Gasteiger partial charge in [-0.25, -0.2) is 13.4 Å². The molecule has 0 atom stereocenters. The van der Waals surface area contributed by atoms with E-state index in [1.165, 1.54) is 16.9 Å². The fourth-order valence-corrected chi connectivity index (χ4v) is 5.51. The lowest BCUT2D eigenvalue weighted by Crippen LogP contribution is -2.36. The van der Waals surface area contributed by atoms with Crippen molar-refractivity contribution in [3.63, 3.8) is 0 Å². The van der Waals surface area contributed by atoms with Crippen molar-refractivity contribution in [3.8, 4) is 0 Å². The van der Waals surface area contributed by atoms with Gasteiger partial charge in [-0.2, -0.15) is 8.82 Å². The van der Waals surface area contributed by atoms with Crippen molar-refractivity contribution in [2.75, 3.05) is 31.1 Å². The number of anilines is 1. The average molecular weight is 417 g/mol. The summed E-state index contributed by atoms with van der Waals surface area (Å²) in [6.07, 6.45) is 7.38. The summed E-state index contributed by atoms with van der Waals surface area (Å²) in [5.74, 6) is 2.20. The molecule has 0 radical (unpaired) electrons. The highest BCUT2D eigenvalue weighted by molar-refractivity contribution is 7.89. The minimum Gasteiger partial charge on any atom is -0.354 e. The van der Waals surface area contributed by atoms with Crippen LogP contribution in [0.5, 0.6) is 0 Å². The third kappa shape index (κ3) is 3.18. The summed E-state index contributed by atoms with van der Waals surface area (Å²) in [7, 11) is -1.91. The van der Waals surface area contributed by atoms with Crippen molar-refractivity contribution in [2.24, 2.45) is 7.05 Å². The summed E-state index contributed by atoms with van der Waals surface area (Å²) in [5.41, 5.74) is 0.754. The molecule has 11 heteroatoms. The third-order valence-electron chi connectivity index (χ3n) is 5.87. The molecule has 2 aliphatic rings. The second-order valence-electron chi connectivity index (χ2n) is 7.71. The third-order valence-corrected chi connectivity index (χ3v) is 7.77. The predicted molar refractivity (Wildman–Crippen MR) is 106 cm³/mol. The zero-order valence-corrected chi connectivity index (χ0v) is 17.2. The summed E-state index contributed by atoms with van der Waals surface area (Å²) in [6.45, 7) is 2.18. The fraction of sp³-hybridized carbons (Fsp3) is 0.556. The van der Waals surface area contributed by atoms with Crippen molar-refractivity contribution in [2.45, 2.75) is 36.8 Å². The summed E-state index contributed by atoms with van der Waals surface area (Å²) >= 11 is 0. The van der Waals surface area contributed by atoms with Crippen LogP contribution in [-0.4, -0.2) is 68.3 Å². The minimum absolute atomic E-state index is 0.0834. The van der Waals surface area contributed by atoms with Crippen molar-refractivity contribution in [1.29, 1.82) is 0 Å². The minimum atomic E-state index is -3.60. The first-order chi connectivity index (χ1) is 14.0. The Morgan fingerprint density at radius 2 is 1.90 bits per heavy atom. The maximum absolute atomic E-state index is 13.0. The summed E-state index contributed by atoms with van der Waals surface area (Å²) < 4.78 is 30.8. The van der Waals surface area contributed by atoms with E-state index in [0.29, 0.717) is 25.6 Å². The Morgan fingerprint density at radius 1 is 1.03 bits per heavy atom. The Hall–Kier alpha value is -2.53. The molecule has 0 unspecified atom stereocenters. The zero-order chi connectivity index (χ0) is 20.0. The van der Waals surface area contributed by atoms with Crippen LogP contribution in [0.25, 0.3) is 5.65 Å². The van der Waals surface area contributed by atoms with Gasteiger partial charge in [-0.1, -0.05) is 6.42 Å². The zero-order valence-electron chi connectivity index (χ0n) is 16.3. The Balaban J connectivity index is 1.37. The van der Waals surface area contributed by atoms with E-state index in [1.54, 1.807) is 17.8 Å². The smallest absolute Gasteiger partial charge is 0.277 e. The van der Waals surface area contributed by atoms with Crippen LogP contribution in [0.4, 0.5) is 5.82 Å². The van der Waals surface area contributed by atoms with E-state index in [1.807, 2.05) is 16.6 Å². The van der Waals surface area contributed by atoms with Gasteiger partial charge in [0.1, 0.15) is 5.82 Å².